The highest BCUT2D eigenvalue weighted by molar-refractivity contribution is 6.31. The van der Waals surface area contributed by atoms with Crippen LogP contribution in [0, 0.1) is 0 Å². The molecule has 0 saturated carbocycles. The summed E-state index contributed by atoms with van der Waals surface area (Å²) >= 11 is 6.11. The SMILES string of the molecule is Nc1nc(-n2nccn2)c(Cl)nc1C(=O)NCc1cccc2ccncc12. The first-order valence-corrected chi connectivity index (χ1v) is 8.31. The van der Waals surface area contributed by atoms with Gasteiger partial charge < -0.3 is 11.1 Å². The van der Waals surface area contributed by atoms with Crippen molar-refractivity contribution in [3.63, 3.8) is 0 Å². The lowest BCUT2D eigenvalue weighted by molar-refractivity contribution is 0.0946. The first kappa shape index (κ1) is 16.9. The van der Waals surface area contributed by atoms with E-state index in [0.29, 0.717) is 0 Å². The van der Waals surface area contributed by atoms with E-state index in [1.807, 2.05) is 24.3 Å². The highest BCUT2D eigenvalue weighted by atomic mass is 35.5. The summed E-state index contributed by atoms with van der Waals surface area (Å²) in [6.45, 7) is 0.281. The van der Waals surface area contributed by atoms with E-state index in [1.165, 1.54) is 17.2 Å². The Kier molecular flexibility index (Phi) is 4.35. The molecule has 4 aromatic rings. The number of benzene rings is 1. The van der Waals surface area contributed by atoms with E-state index in [-0.39, 0.29) is 29.0 Å². The summed E-state index contributed by atoms with van der Waals surface area (Å²) in [6, 6.07) is 7.72. The van der Waals surface area contributed by atoms with Gasteiger partial charge in [-0.1, -0.05) is 29.8 Å². The number of pyridine rings is 1. The van der Waals surface area contributed by atoms with Crippen molar-refractivity contribution in [2.45, 2.75) is 6.54 Å². The number of nitrogens with two attached hydrogens (primary N) is 1. The number of amides is 1. The molecule has 0 aliphatic rings. The molecule has 3 N–H and O–H groups in total. The number of nitrogens with zero attached hydrogens (tertiary/aromatic N) is 6. The summed E-state index contributed by atoms with van der Waals surface area (Å²) in [7, 11) is 0. The van der Waals surface area contributed by atoms with Gasteiger partial charge in [-0.15, -0.1) is 4.80 Å². The Morgan fingerprint density at radius 1 is 1.15 bits per heavy atom. The van der Waals surface area contributed by atoms with Crippen molar-refractivity contribution >= 4 is 34.1 Å². The second-order valence-electron chi connectivity index (χ2n) is 5.59. The molecule has 0 aliphatic carbocycles. The van der Waals surface area contributed by atoms with E-state index in [0.717, 1.165) is 16.3 Å². The Hall–Kier alpha value is -3.59. The maximum atomic E-state index is 12.5. The lowest BCUT2D eigenvalue weighted by Gasteiger charge is -2.10. The molecule has 0 unspecified atom stereocenters. The van der Waals surface area contributed by atoms with Crippen LogP contribution in [0.15, 0.2) is 49.1 Å². The molecule has 0 bridgehead atoms. The van der Waals surface area contributed by atoms with Gasteiger partial charge in [0.25, 0.3) is 5.91 Å². The zero-order valence-electron chi connectivity index (χ0n) is 13.9. The second kappa shape index (κ2) is 6.96. The van der Waals surface area contributed by atoms with Crippen molar-refractivity contribution in [2.75, 3.05) is 5.73 Å². The molecule has 0 fully saturated rings. The van der Waals surface area contributed by atoms with Gasteiger partial charge in [-0.25, -0.2) is 9.97 Å². The normalized spacial score (nSPS) is 10.9. The molecule has 4 rings (SSSR count). The van der Waals surface area contributed by atoms with Gasteiger partial charge in [-0.3, -0.25) is 9.78 Å². The number of aromatic nitrogens is 6. The molecule has 0 atom stereocenters. The van der Waals surface area contributed by atoms with Gasteiger partial charge >= 0.3 is 0 Å². The van der Waals surface area contributed by atoms with E-state index in [2.05, 4.69) is 30.5 Å². The fourth-order valence-corrected chi connectivity index (χ4v) is 2.83. The zero-order chi connectivity index (χ0) is 18.8. The molecule has 0 spiro atoms. The molecule has 0 radical (unpaired) electrons. The predicted molar refractivity (Wildman–Crippen MR) is 99.3 cm³/mol. The van der Waals surface area contributed by atoms with Crippen molar-refractivity contribution in [2.24, 2.45) is 0 Å². The molecule has 27 heavy (non-hydrogen) atoms. The average Bonchev–Trinajstić information content (AvgIpc) is 3.22. The third kappa shape index (κ3) is 3.27. The lowest BCUT2D eigenvalue weighted by atomic mass is 10.1. The average molecular weight is 381 g/mol. The van der Waals surface area contributed by atoms with Crippen LogP contribution in [0.2, 0.25) is 5.15 Å². The van der Waals surface area contributed by atoms with Crippen LogP contribution in [0.1, 0.15) is 16.1 Å². The minimum absolute atomic E-state index is 0.0279. The number of hydrogen-bond acceptors (Lipinski definition) is 7. The standard InChI is InChI=1S/C17H13ClN8O/c18-14-16(26-22-6-7-23-26)25-15(19)13(24-14)17(27)21-8-11-3-1-2-10-4-5-20-9-12(10)11/h1-7,9H,8H2,(H2,19,25)(H,21,27). The Balaban J connectivity index is 1.57. The molecular weight excluding hydrogens is 368 g/mol. The number of rotatable bonds is 4. The third-order valence-corrected chi connectivity index (χ3v) is 4.15. The Labute approximate surface area is 158 Å². The highest BCUT2D eigenvalue weighted by Gasteiger charge is 2.18. The summed E-state index contributed by atoms with van der Waals surface area (Å²) in [4.78, 5) is 26.0. The van der Waals surface area contributed by atoms with Crippen LogP contribution in [0.4, 0.5) is 5.82 Å². The molecule has 134 valence electrons. The van der Waals surface area contributed by atoms with Crippen LogP contribution in [-0.4, -0.2) is 35.9 Å². The predicted octanol–water partition coefficient (Wildman–Crippen LogP) is 1.77. The first-order valence-electron chi connectivity index (χ1n) is 7.93. The lowest BCUT2D eigenvalue weighted by Crippen LogP contribution is -2.26. The smallest absolute Gasteiger partial charge is 0.274 e. The van der Waals surface area contributed by atoms with E-state index < -0.39 is 5.91 Å². The molecule has 3 aromatic heterocycles. The molecule has 10 heteroatoms. The van der Waals surface area contributed by atoms with E-state index in [4.69, 9.17) is 17.3 Å². The van der Waals surface area contributed by atoms with E-state index in [1.54, 1.807) is 12.4 Å². The second-order valence-corrected chi connectivity index (χ2v) is 5.95. The van der Waals surface area contributed by atoms with E-state index in [9.17, 15) is 4.79 Å². The van der Waals surface area contributed by atoms with E-state index >= 15 is 0 Å². The monoisotopic (exact) mass is 380 g/mol. The number of nitrogens with one attached hydrogen (secondary N) is 1. The van der Waals surface area contributed by atoms with Crippen molar-refractivity contribution in [3.05, 3.63) is 65.5 Å². The van der Waals surface area contributed by atoms with Gasteiger partial charge in [0.2, 0.25) is 5.82 Å². The first-order chi connectivity index (χ1) is 13.1. The van der Waals surface area contributed by atoms with Crippen LogP contribution in [0.3, 0.4) is 0 Å². The number of fused-ring (bicyclic) bond motifs is 1. The van der Waals surface area contributed by atoms with Crippen molar-refractivity contribution in [3.8, 4) is 5.82 Å². The zero-order valence-corrected chi connectivity index (χ0v) is 14.6. The van der Waals surface area contributed by atoms with Crippen molar-refractivity contribution in [1.29, 1.82) is 0 Å². The summed E-state index contributed by atoms with van der Waals surface area (Å²) < 4.78 is 0. The molecule has 9 nitrogen and oxygen atoms in total. The van der Waals surface area contributed by atoms with Gasteiger partial charge in [0.15, 0.2) is 16.7 Å². The van der Waals surface area contributed by atoms with Crippen molar-refractivity contribution < 1.29 is 4.79 Å². The fraction of sp³-hybridized carbons (Fsp3) is 0.0588. The van der Waals surface area contributed by atoms with Crippen LogP contribution in [0.25, 0.3) is 16.6 Å². The minimum Gasteiger partial charge on any atom is -0.382 e. The summed E-state index contributed by atoms with van der Waals surface area (Å²) in [5.74, 6) is -0.401. The summed E-state index contributed by atoms with van der Waals surface area (Å²) in [5, 5.41) is 12.6. The number of anilines is 1. The van der Waals surface area contributed by atoms with Gasteiger partial charge in [0.05, 0.1) is 12.4 Å². The van der Waals surface area contributed by atoms with Crippen LogP contribution >= 0.6 is 11.6 Å². The minimum atomic E-state index is -0.484. The maximum Gasteiger partial charge on any atom is 0.274 e. The Morgan fingerprint density at radius 3 is 2.78 bits per heavy atom. The molecule has 0 saturated heterocycles. The van der Waals surface area contributed by atoms with Gasteiger partial charge in [-0.2, -0.15) is 10.2 Å². The highest BCUT2D eigenvalue weighted by Crippen LogP contribution is 2.19. The summed E-state index contributed by atoms with van der Waals surface area (Å²) in [6.07, 6.45) is 6.41. The number of halogens is 1. The Bertz CT molecular complexity index is 1120. The van der Waals surface area contributed by atoms with Gasteiger partial charge in [0, 0.05) is 24.3 Å². The van der Waals surface area contributed by atoms with Gasteiger partial charge in [-0.05, 0) is 17.0 Å². The van der Waals surface area contributed by atoms with Crippen LogP contribution in [-0.2, 0) is 6.54 Å². The summed E-state index contributed by atoms with van der Waals surface area (Å²) in [5.41, 5.74) is 6.74. The molecular formula is C17H13ClN8O. The van der Waals surface area contributed by atoms with Crippen LogP contribution < -0.4 is 11.1 Å². The van der Waals surface area contributed by atoms with Crippen LogP contribution in [0.5, 0.6) is 0 Å². The molecule has 1 amide bonds. The topological polar surface area (TPSA) is 125 Å². The van der Waals surface area contributed by atoms with Crippen molar-refractivity contribution in [1.82, 2.24) is 35.3 Å². The Morgan fingerprint density at radius 2 is 1.96 bits per heavy atom. The maximum absolute atomic E-state index is 12.5. The number of nitrogen functional groups attached to an aromatic ring is 1. The largest absolute Gasteiger partial charge is 0.382 e. The molecule has 1 aromatic carbocycles. The number of carbonyl (C=O) groups excluding carboxylic acids is 1. The number of hydrogen-bond donors (Lipinski definition) is 2. The quantitative estimate of drug-likeness (QED) is 0.552. The molecule has 0 aliphatic heterocycles. The third-order valence-electron chi connectivity index (χ3n) is 3.90. The number of carbonyl (C=O) groups is 1. The molecule has 3 heterocycles. The van der Waals surface area contributed by atoms with Gasteiger partial charge in [0.1, 0.15) is 0 Å². The fourth-order valence-electron chi connectivity index (χ4n) is 2.63.